The van der Waals surface area contributed by atoms with Gasteiger partial charge in [-0.05, 0) is 24.0 Å². The molecule has 18 heavy (non-hydrogen) atoms. The van der Waals surface area contributed by atoms with E-state index in [1.807, 2.05) is 23.1 Å². The molecule has 1 aliphatic heterocycles. The van der Waals surface area contributed by atoms with E-state index < -0.39 is 0 Å². The molecule has 1 heterocycles. The summed E-state index contributed by atoms with van der Waals surface area (Å²) in [5, 5.41) is 0.744. The maximum atomic E-state index is 12.2. The highest BCUT2D eigenvalue weighted by atomic mass is 35.5. The average molecular weight is 260 g/mol. The Bertz CT molecular complexity index is 545. The van der Waals surface area contributed by atoms with Crippen LogP contribution >= 0.6 is 11.6 Å². The molecule has 1 amide bonds. The summed E-state index contributed by atoms with van der Waals surface area (Å²) < 4.78 is 0. The van der Waals surface area contributed by atoms with Gasteiger partial charge in [-0.3, -0.25) is 4.79 Å². The van der Waals surface area contributed by atoms with E-state index in [4.69, 9.17) is 11.6 Å². The van der Waals surface area contributed by atoms with E-state index in [0.717, 1.165) is 23.4 Å². The Balaban J connectivity index is 1.72. The second-order valence-electron chi connectivity index (χ2n) is 4.66. The predicted octanol–water partition coefficient (Wildman–Crippen LogP) is 3.20. The number of hydrogen-bond acceptors (Lipinski definition) is 1. The van der Waals surface area contributed by atoms with Crippen LogP contribution in [-0.4, -0.2) is 23.9 Å². The lowest BCUT2D eigenvalue weighted by Crippen LogP contribution is -2.32. The fraction of sp³-hybridized carbons (Fsp3) is 0.267. The van der Waals surface area contributed by atoms with Crippen molar-refractivity contribution in [3.8, 4) is 0 Å². The lowest BCUT2D eigenvalue weighted by Gasteiger charge is -2.24. The van der Waals surface area contributed by atoms with Crippen LogP contribution in [0.1, 0.15) is 18.4 Å². The van der Waals surface area contributed by atoms with Crippen LogP contribution in [0.25, 0.3) is 5.57 Å². The van der Waals surface area contributed by atoms with Gasteiger partial charge in [-0.1, -0.05) is 48.0 Å². The van der Waals surface area contributed by atoms with Crippen LogP contribution in [0.5, 0.6) is 0 Å². The first-order chi connectivity index (χ1) is 8.75. The van der Waals surface area contributed by atoms with Gasteiger partial charge in [0.1, 0.15) is 0 Å². The zero-order chi connectivity index (χ0) is 12.5. The number of carbonyl (C=O) groups excluding carboxylic acids is 1. The minimum absolute atomic E-state index is 0.105. The fourth-order valence-corrected chi connectivity index (χ4v) is 2.60. The molecule has 3 rings (SSSR count). The molecule has 92 valence electrons. The van der Waals surface area contributed by atoms with Crippen LogP contribution in [0.15, 0.2) is 47.0 Å². The molecule has 2 nitrogen and oxygen atoms in total. The molecule has 0 fully saturated rings. The maximum absolute atomic E-state index is 12.2. The minimum atomic E-state index is 0.105. The lowest BCUT2D eigenvalue weighted by molar-refractivity contribution is -0.126. The van der Waals surface area contributed by atoms with E-state index in [2.05, 4.69) is 18.2 Å². The third-order valence-electron chi connectivity index (χ3n) is 3.53. The van der Waals surface area contributed by atoms with Crippen LogP contribution in [0.2, 0.25) is 0 Å². The van der Waals surface area contributed by atoms with E-state index in [9.17, 15) is 4.79 Å². The lowest BCUT2D eigenvalue weighted by atomic mass is 9.97. The average Bonchev–Trinajstić information content (AvgIpc) is 2.87. The van der Waals surface area contributed by atoms with Crippen molar-refractivity contribution < 1.29 is 4.79 Å². The van der Waals surface area contributed by atoms with Gasteiger partial charge in [0.05, 0.1) is 0 Å². The Kier molecular flexibility index (Phi) is 2.96. The van der Waals surface area contributed by atoms with Crippen molar-refractivity contribution in [3.05, 3.63) is 52.6 Å². The van der Waals surface area contributed by atoms with Crippen LogP contribution < -0.4 is 0 Å². The third kappa shape index (κ3) is 1.97. The van der Waals surface area contributed by atoms with Crippen LogP contribution in [0.4, 0.5) is 0 Å². The highest BCUT2D eigenvalue weighted by Gasteiger charge is 2.28. The number of rotatable bonds is 2. The summed E-state index contributed by atoms with van der Waals surface area (Å²) in [5.74, 6) is 0.105. The molecule has 0 radical (unpaired) electrons. The second-order valence-corrected chi connectivity index (χ2v) is 5.12. The first-order valence-electron chi connectivity index (χ1n) is 6.17. The topological polar surface area (TPSA) is 20.3 Å². The molecule has 0 aromatic heterocycles. The van der Waals surface area contributed by atoms with E-state index in [-0.39, 0.29) is 5.91 Å². The van der Waals surface area contributed by atoms with Gasteiger partial charge in [0.15, 0.2) is 0 Å². The Morgan fingerprint density at radius 3 is 2.56 bits per heavy atom. The number of nitrogens with zero attached hydrogens (tertiary/aromatic N) is 1. The molecular formula is C15H14ClNO. The van der Waals surface area contributed by atoms with Crippen molar-refractivity contribution in [3.63, 3.8) is 0 Å². The van der Waals surface area contributed by atoms with Gasteiger partial charge in [0, 0.05) is 23.7 Å². The standard InChI is InChI=1S/C15H14ClNO/c16-14-7-6-13(14)15(18)17-9-8-12(10-17)11-4-2-1-3-5-11/h1-5,8H,6-7,9-10H2. The van der Waals surface area contributed by atoms with E-state index in [1.165, 1.54) is 11.1 Å². The molecule has 0 N–H and O–H groups in total. The summed E-state index contributed by atoms with van der Waals surface area (Å²) in [6, 6.07) is 10.2. The first-order valence-corrected chi connectivity index (χ1v) is 6.55. The molecule has 0 unspecified atom stereocenters. The number of amides is 1. The second kappa shape index (κ2) is 4.62. The summed E-state index contributed by atoms with van der Waals surface area (Å²) in [7, 11) is 0. The van der Waals surface area contributed by atoms with Crippen molar-refractivity contribution in [1.29, 1.82) is 0 Å². The van der Waals surface area contributed by atoms with Crippen molar-refractivity contribution >= 4 is 23.1 Å². The first kappa shape index (κ1) is 11.5. The molecule has 1 aliphatic carbocycles. The molecule has 0 saturated carbocycles. The summed E-state index contributed by atoms with van der Waals surface area (Å²) in [6.07, 6.45) is 3.81. The summed E-state index contributed by atoms with van der Waals surface area (Å²) >= 11 is 5.96. The minimum Gasteiger partial charge on any atom is -0.331 e. The molecule has 0 saturated heterocycles. The SMILES string of the molecule is O=C(C1=C(Cl)CC1)N1CC=C(c2ccccc2)C1. The molecule has 3 heteroatoms. The van der Waals surface area contributed by atoms with Gasteiger partial charge in [-0.2, -0.15) is 0 Å². The van der Waals surface area contributed by atoms with Crippen LogP contribution in [0, 0.1) is 0 Å². The largest absolute Gasteiger partial charge is 0.331 e. The summed E-state index contributed by atoms with van der Waals surface area (Å²) in [5.41, 5.74) is 3.22. The van der Waals surface area contributed by atoms with Gasteiger partial charge < -0.3 is 4.90 Å². The molecule has 0 bridgehead atoms. The van der Waals surface area contributed by atoms with E-state index in [1.54, 1.807) is 0 Å². The van der Waals surface area contributed by atoms with Gasteiger partial charge >= 0.3 is 0 Å². The predicted molar refractivity (Wildman–Crippen MR) is 73.1 cm³/mol. The number of allylic oxidation sites excluding steroid dienone is 1. The highest BCUT2D eigenvalue weighted by Crippen LogP contribution is 2.33. The zero-order valence-electron chi connectivity index (χ0n) is 10.0. The summed E-state index contributed by atoms with van der Waals surface area (Å²) in [6.45, 7) is 1.38. The number of hydrogen-bond donors (Lipinski definition) is 0. The van der Waals surface area contributed by atoms with E-state index in [0.29, 0.717) is 13.1 Å². The Hall–Kier alpha value is -1.54. The fourth-order valence-electron chi connectivity index (χ4n) is 2.33. The van der Waals surface area contributed by atoms with Crippen molar-refractivity contribution in [1.82, 2.24) is 4.90 Å². The Morgan fingerprint density at radius 1 is 1.17 bits per heavy atom. The normalized spacial score (nSPS) is 18.7. The molecule has 1 aromatic rings. The summed E-state index contributed by atoms with van der Waals surface area (Å²) in [4.78, 5) is 14.0. The van der Waals surface area contributed by atoms with Crippen LogP contribution in [0.3, 0.4) is 0 Å². The molecule has 0 spiro atoms. The number of carbonyl (C=O) groups is 1. The van der Waals surface area contributed by atoms with Gasteiger partial charge in [-0.25, -0.2) is 0 Å². The zero-order valence-corrected chi connectivity index (χ0v) is 10.8. The van der Waals surface area contributed by atoms with Gasteiger partial charge in [0.25, 0.3) is 5.91 Å². The maximum Gasteiger partial charge on any atom is 0.251 e. The highest BCUT2D eigenvalue weighted by molar-refractivity contribution is 6.33. The van der Waals surface area contributed by atoms with Crippen molar-refractivity contribution in [2.24, 2.45) is 0 Å². The van der Waals surface area contributed by atoms with Gasteiger partial charge in [-0.15, -0.1) is 0 Å². The Labute approximate surface area is 112 Å². The van der Waals surface area contributed by atoms with Gasteiger partial charge in [0.2, 0.25) is 0 Å². The smallest absolute Gasteiger partial charge is 0.251 e. The van der Waals surface area contributed by atoms with Crippen molar-refractivity contribution in [2.75, 3.05) is 13.1 Å². The molecule has 2 aliphatic rings. The Morgan fingerprint density at radius 2 is 1.94 bits per heavy atom. The molecule has 0 atom stereocenters. The quantitative estimate of drug-likeness (QED) is 0.799. The third-order valence-corrected chi connectivity index (χ3v) is 3.95. The molecular weight excluding hydrogens is 246 g/mol. The van der Waals surface area contributed by atoms with Crippen LogP contribution in [-0.2, 0) is 4.79 Å². The number of benzene rings is 1. The molecule has 1 aromatic carbocycles. The van der Waals surface area contributed by atoms with Crippen molar-refractivity contribution in [2.45, 2.75) is 12.8 Å². The number of halogens is 1. The van der Waals surface area contributed by atoms with E-state index >= 15 is 0 Å². The monoisotopic (exact) mass is 259 g/mol.